The molecule has 1 fully saturated rings. The van der Waals surface area contributed by atoms with Gasteiger partial charge < -0.3 is 24.4 Å². The number of rotatable bonds is 7. The quantitative estimate of drug-likeness (QED) is 0.518. The van der Waals surface area contributed by atoms with Crippen LogP contribution >= 0.6 is 0 Å². The largest absolute Gasteiger partial charge is 0.465 e. The number of hydrogen-bond donors (Lipinski definition) is 1. The number of nitrogens with zero attached hydrogens (tertiary/aromatic N) is 1. The first-order valence-electron chi connectivity index (χ1n) is 10.8. The number of benzene rings is 1. The van der Waals surface area contributed by atoms with Crippen molar-refractivity contribution in [2.24, 2.45) is 11.3 Å². The Morgan fingerprint density at radius 1 is 1.34 bits per heavy atom. The second-order valence-electron chi connectivity index (χ2n) is 8.13. The van der Waals surface area contributed by atoms with Crippen molar-refractivity contribution >= 4 is 17.8 Å². The van der Waals surface area contributed by atoms with Crippen LogP contribution in [0.25, 0.3) is 0 Å². The number of likely N-dealkylation sites (tertiary alicyclic amines) is 1. The molecule has 1 saturated heterocycles. The van der Waals surface area contributed by atoms with E-state index in [9.17, 15) is 14.4 Å². The SMILES string of the molecule is C#CCNC(=O)C[C@@H]1C[C@@]2(C(=O)OCC)CCC=C2N(Cc2ccc3c(c2)OCO3)C1=O. The number of piperidine rings is 1. The van der Waals surface area contributed by atoms with Gasteiger partial charge in [0.05, 0.1) is 19.7 Å². The molecule has 0 bridgehead atoms. The number of allylic oxidation sites excluding steroid dienone is 1. The van der Waals surface area contributed by atoms with Gasteiger partial charge in [0.2, 0.25) is 18.6 Å². The molecule has 2 heterocycles. The number of carbonyl (C=O) groups excluding carboxylic acids is 3. The van der Waals surface area contributed by atoms with Crippen LogP contribution in [0.1, 0.15) is 38.2 Å². The van der Waals surface area contributed by atoms with E-state index in [2.05, 4.69) is 11.2 Å². The molecule has 32 heavy (non-hydrogen) atoms. The van der Waals surface area contributed by atoms with Gasteiger partial charge in [-0.1, -0.05) is 18.1 Å². The van der Waals surface area contributed by atoms with Gasteiger partial charge in [0.1, 0.15) is 5.41 Å². The fraction of sp³-hybridized carbons (Fsp3) is 0.458. The van der Waals surface area contributed by atoms with Gasteiger partial charge >= 0.3 is 5.97 Å². The van der Waals surface area contributed by atoms with Crippen LogP contribution in [0.4, 0.5) is 0 Å². The van der Waals surface area contributed by atoms with Crippen LogP contribution in [0, 0.1) is 23.7 Å². The minimum absolute atomic E-state index is 0.0351. The third-order valence-corrected chi connectivity index (χ3v) is 6.16. The van der Waals surface area contributed by atoms with E-state index in [1.807, 2.05) is 18.2 Å². The molecule has 0 spiro atoms. The molecule has 1 aromatic rings. The summed E-state index contributed by atoms with van der Waals surface area (Å²) >= 11 is 0. The molecule has 0 radical (unpaired) electrons. The number of terminal acetylenes is 1. The first kappa shape index (κ1) is 21.8. The van der Waals surface area contributed by atoms with Crippen LogP contribution in [-0.2, 0) is 25.7 Å². The van der Waals surface area contributed by atoms with Gasteiger partial charge in [0.15, 0.2) is 11.5 Å². The molecule has 0 unspecified atom stereocenters. The summed E-state index contributed by atoms with van der Waals surface area (Å²) in [5.74, 6) is 2.13. The summed E-state index contributed by atoms with van der Waals surface area (Å²) in [5, 5.41) is 2.61. The predicted molar refractivity (Wildman–Crippen MR) is 114 cm³/mol. The maximum atomic E-state index is 13.5. The first-order chi connectivity index (χ1) is 15.5. The van der Waals surface area contributed by atoms with Crippen molar-refractivity contribution in [3.8, 4) is 23.8 Å². The van der Waals surface area contributed by atoms with Gasteiger partial charge in [0, 0.05) is 18.0 Å². The first-order valence-corrected chi connectivity index (χ1v) is 10.8. The highest BCUT2D eigenvalue weighted by atomic mass is 16.7. The Labute approximate surface area is 186 Å². The number of ether oxygens (including phenoxy) is 3. The molecule has 0 aromatic heterocycles. The van der Waals surface area contributed by atoms with Gasteiger partial charge in [0.25, 0.3) is 0 Å². The number of amides is 2. The molecule has 0 saturated carbocycles. The van der Waals surface area contributed by atoms with E-state index in [0.717, 1.165) is 5.56 Å². The molecule has 1 aromatic carbocycles. The van der Waals surface area contributed by atoms with Crippen molar-refractivity contribution in [3.63, 3.8) is 0 Å². The number of fused-ring (bicyclic) bond motifs is 2. The number of nitrogens with one attached hydrogen (secondary N) is 1. The highest BCUT2D eigenvalue weighted by Gasteiger charge is 2.55. The van der Waals surface area contributed by atoms with Gasteiger partial charge in [-0.3, -0.25) is 14.4 Å². The summed E-state index contributed by atoms with van der Waals surface area (Å²) in [4.78, 5) is 40.6. The van der Waals surface area contributed by atoms with Crippen molar-refractivity contribution in [1.82, 2.24) is 10.2 Å². The van der Waals surface area contributed by atoms with Crippen LogP contribution in [0.2, 0.25) is 0 Å². The molecule has 2 atom stereocenters. The molecule has 1 aliphatic carbocycles. The minimum Gasteiger partial charge on any atom is -0.465 e. The molecule has 168 valence electrons. The standard InChI is InChI=1S/C24H26N2O6/c1-3-10-25-21(27)12-17-13-24(23(29)30-4-2)9-5-6-20(24)26(22(17)28)14-16-7-8-18-19(11-16)32-15-31-18/h1,6-8,11,17H,4-5,9-10,12-15H2,2H3,(H,25,27)/t17-,24+/m1/s1. The summed E-state index contributed by atoms with van der Waals surface area (Å²) in [5.41, 5.74) is 0.571. The number of esters is 1. The zero-order valence-electron chi connectivity index (χ0n) is 18.0. The Kier molecular flexibility index (Phi) is 6.08. The number of carbonyl (C=O) groups is 3. The maximum Gasteiger partial charge on any atom is 0.318 e. The van der Waals surface area contributed by atoms with E-state index in [1.165, 1.54) is 0 Å². The Bertz CT molecular complexity index is 1010. The average Bonchev–Trinajstić information content (AvgIpc) is 3.42. The maximum absolute atomic E-state index is 13.5. The van der Waals surface area contributed by atoms with E-state index in [0.29, 0.717) is 30.0 Å². The average molecular weight is 438 g/mol. The fourth-order valence-corrected chi connectivity index (χ4v) is 4.75. The fourth-order valence-electron chi connectivity index (χ4n) is 4.75. The van der Waals surface area contributed by atoms with E-state index >= 15 is 0 Å². The van der Waals surface area contributed by atoms with E-state index in [4.69, 9.17) is 20.6 Å². The third kappa shape index (κ3) is 3.91. The predicted octanol–water partition coefficient (Wildman–Crippen LogP) is 2.13. The van der Waals surface area contributed by atoms with E-state index in [-0.39, 0.29) is 57.1 Å². The zero-order chi connectivity index (χ0) is 22.7. The second kappa shape index (κ2) is 8.95. The molecule has 8 heteroatoms. The monoisotopic (exact) mass is 438 g/mol. The smallest absolute Gasteiger partial charge is 0.318 e. The van der Waals surface area contributed by atoms with Gasteiger partial charge in [-0.15, -0.1) is 6.42 Å². The van der Waals surface area contributed by atoms with E-state index in [1.54, 1.807) is 17.9 Å². The molecular formula is C24H26N2O6. The summed E-state index contributed by atoms with van der Waals surface area (Å²) in [6.45, 7) is 2.51. The lowest BCUT2D eigenvalue weighted by atomic mass is 9.71. The van der Waals surface area contributed by atoms with Crippen molar-refractivity contribution < 1.29 is 28.6 Å². The van der Waals surface area contributed by atoms with Crippen LogP contribution in [0.5, 0.6) is 11.5 Å². The van der Waals surface area contributed by atoms with Crippen LogP contribution in [-0.4, -0.2) is 42.6 Å². The van der Waals surface area contributed by atoms with Crippen molar-refractivity contribution in [1.29, 1.82) is 0 Å². The van der Waals surface area contributed by atoms with Crippen LogP contribution < -0.4 is 14.8 Å². The molecule has 3 aliphatic rings. The van der Waals surface area contributed by atoms with Crippen molar-refractivity contribution in [3.05, 3.63) is 35.5 Å². The van der Waals surface area contributed by atoms with Gasteiger partial charge in [-0.2, -0.15) is 0 Å². The highest BCUT2D eigenvalue weighted by Crippen LogP contribution is 2.51. The lowest BCUT2D eigenvalue weighted by Crippen LogP contribution is -2.52. The van der Waals surface area contributed by atoms with Gasteiger partial charge in [-0.25, -0.2) is 0 Å². The van der Waals surface area contributed by atoms with Crippen LogP contribution in [0.3, 0.4) is 0 Å². The number of hydrogen-bond acceptors (Lipinski definition) is 6. The summed E-state index contributed by atoms with van der Waals surface area (Å²) in [7, 11) is 0. The van der Waals surface area contributed by atoms with Crippen molar-refractivity contribution in [2.75, 3.05) is 19.9 Å². The summed E-state index contributed by atoms with van der Waals surface area (Å²) in [6, 6.07) is 5.50. The topological polar surface area (TPSA) is 94.2 Å². The van der Waals surface area contributed by atoms with E-state index < -0.39 is 11.3 Å². The lowest BCUT2D eigenvalue weighted by Gasteiger charge is -2.44. The summed E-state index contributed by atoms with van der Waals surface area (Å²) in [6.07, 6.45) is 8.59. The zero-order valence-corrected chi connectivity index (χ0v) is 18.0. The molecule has 8 nitrogen and oxygen atoms in total. The minimum atomic E-state index is -0.933. The second-order valence-corrected chi connectivity index (χ2v) is 8.13. The normalized spacial score (nSPS) is 23.2. The molecular weight excluding hydrogens is 412 g/mol. The Morgan fingerprint density at radius 2 is 2.16 bits per heavy atom. The lowest BCUT2D eigenvalue weighted by molar-refractivity contribution is -0.161. The van der Waals surface area contributed by atoms with Crippen molar-refractivity contribution in [2.45, 2.75) is 39.2 Å². The summed E-state index contributed by atoms with van der Waals surface area (Å²) < 4.78 is 16.2. The van der Waals surface area contributed by atoms with Gasteiger partial charge in [-0.05, 0) is 43.9 Å². The Morgan fingerprint density at radius 3 is 2.94 bits per heavy atom. The molecule has 1 N–H and O–H groups in total. The highest BCUT2D eigenvalue weighted by molar-refractivity contribution is 5.92. The molecule has 2 aliphatic heterocycles. The van der Waals surface area contributed by atoms with Crippen LogP contribution in [0.15, 0.2) is 30.0 Å². The molecule has 2 amide bonds. The Balaban J connectivity index is 1.64. The third-order valence-electron chi connectivity index (χ3n) is 6.16. The molecule has 4 rings (SSSR count). The Hall–Kier alpha value is -3.47.